The molecule has 0 saturated carbocycles. The number of benzene rings is 1. The number of nitrogens with one attached hydrogen (secondary N) is 3. The Hall–Kier alpha value is -3.62. The molecule has 2 heterocycles. The topological polar surface area (TPSA) is 118 Å². The van der Waals surface area contributed by atoms with Crippen molar-refractivity contribution in [2.75, 3.05) is 18.5 Å². The van der Waals surface area contributed by atoms with E-state index >= 15 is 0 Å². The Morgan fingerprint density at radius 3 is 3.04 bits per heavy atom. The summed E-state index contributed by atoms with van der Waals surface area (Å²) >= 11 is 0. The molecule has 0 unspecified atom stereocenters. The Morgan fingerprint density at radius 2 is 2.22 bits per heavy atom. The highest BCUT2D eigenvalue weighted by Gasteiger charge is 2.23. The minimum atomic E-state index is -0.496. The van der Waals surface area contributed by atoms with Crippen LogP contribution in [0.5, 0.6) is 0 Å². The number of carbonyl (C=O) groups is 2. The van der Waals surface area contributed by atoms with Crippen LogP contribution in [0.25, 0.3) is 16.9 Å². The van der Waals surface area contributed by atoms with E-state index in [-0.39, 0.29) is 18.7 Å². The molecule has 2 amide bonds. The van der Waals surface area contributed by atoms with E-state index in [1.807, 2.05) is 12.1 Å². The Balaban J connectivity index is 1.53. The molecule has 2 aromatic heterocycles. The smallest absolute Gasteiger partial charge is 0.325 e. The number of hydrogen-bond acceptors (Lipinski definition) is 5. The summed E-state index contributed by atoms with van der Waals surface area (Å²) in [6.07, 6.45) is 3.96. The SMILES string of the molecule is CCOC(=O)CNC(=O)Nc1ccc2c(c1)Cc1c-2[nH]c(=O)c2nccn12. The number of hydrogen-bond donors (Lipinski definition) is 3. The van der Waals surface area contributed by atoms with Gasteiger partial charge in [0.15, 0.2) is 0 Å². The molecule has 4 rings (SSSR count). The zero-order chi connectivity index (χ0) is 19.0. The molecule has 0 atom stereocenters. The number of esters is 1. The van der Waals surface area contributed by atoms with Crippen molar-refractivity contribution in [2.24, 2.45) is 0 Å². The van der Waals surface area contributed by atoms with Gasteiger partial charge in [-0.2, -0.15) is 0 Å². The lowest BCUT2D eigenvalue weighted by Crippen LogP contribution is -2.34. The van der Waals surface area contributed by atoms with Crippen LogP contribution in [0, 0.1) is 0 Å². The molecule has 0 bridgehead atoms. The van der Waals surface area contributed by atoms with E-state index in [1.54, 1.807) is 29.8 Å². The second kappa shape index (κ2) is 6.60. The summed E-state index contributed by atoms with van der Waals surface area (Å²) in [5.74, 6) is -0.495. The van der Waals surface area contributed by atoms with Crippen molar-refractivity contribution < 1.29 is 14.3 Å². The summed E-state index contributed by atoms with van der Waals surface area (Å²) in [6, 6.07) is 4.94. The Kier molecular flexibility index (Phi) is 4.11. The number of ether oxygens (including phenoxy) is 1. The number of nitrogens with zero attached hydrogens (tertiary/aromatic N) is 2. The fourth-order valence-electron chi connectivity index (χ4n) is 3.23. The van der Waals surface area contributed by atoms with Gasteiger partial charge in [0.2, 0.25) is 5.65 Å². The van der Waals surface area contributed by atoms with Crippen molar-refractivity contribution in [3.8, 4) is 11.3 Å². The molecule has 1 aromatic carbocycles. The number of aromatic nitrogens is 3. The molecule has 3 aromatic rings. The highest BCUT2D eigenvalue weighted by molar-refractivity contribution is 5.92. The van der Waals surface area contributed by atoms with Gasteiger partial charge in [0.25, 0.3) is 5.56 Å². The van der Waals surface area contributed by atoms with E-state index in [4.69, 9.17) is 4.74 Å². The first-order chi connectivity index (χ1) is 13.1. The Morgan fingerprint density at radius 1 is 1.37 bits per heavy atom. The van der Waals surface area contributed by atoms with Crippen molar-refractivity contribution in [2.45, 2.75) is 13.3 Å². The number of anilines is 1. The van der Waals surface area contributed by atoms with Crippen molar-refractivity contribution >= 4 is 23.3 Å². The van der Waals surface area contributed by atoms with E-state index in [2.05, 4.69) is 20.6 Å². The molecule has 0 saturated heterocycles. The minimum absolute atomic E-state index is 0.199. The van der Waals surface area contributed by atoms with Crippen LogP contribution in [0.15, 0.2) is 35.4 Å². The van der Waals surface area contributed by atoms with Gasteiger partial charge in [0, 0.05) is 30.1 Å². The third-order valence-electron chi connectivity index (χ3n) is 4.35. The molecule has 3 N–H and O–H groups in total. The normalized spacial score (nSPS) is 11.7. The summed E-state index contributed by atoms with van der Waals surface area (Å²) in [6.45, 7) is 1.76. The summed E-state index contributed by atoms with van der Waals surface area (Å²) in [4.78, 5) is 42.3. The first-order valence-electron chi connectivity index (χ1n) is 8.49. The van der Waals surface area contributed by atoms with Crippen LogP contribution >= 0.6 is 0 Å². The Labute approximate surface area is 153 Å². The largest absolute Gasteiger partial charge is 0.465 e. The second-order valence-corrected chi connectivity index (χ2v) is 6.06. The first kappa shape index (κ1) is 16.8. The van der Waals surface area contributed by atoms with Crippen LogP contribution in [-0.2, 0) is 16.0 Å². The van der Waals surface area contributed by atoms with Crippen molar-refractivity contribution in [3.05, 3.63) is 52.2 Å². The molecule has 0 aliphatic heterocycles. The maximum absolute atomic E-state index is 12.2. The summed E-state index contributed by atoms with van der Waals surface area (Å²) in [7, 11) is 0. The standard InChI is InChI=1S/C18H17N5O4/c1-2-27-14(24)9-20-18(26)21-11-3-4-12-10(7-11)8-13-15(12)22-17(25)16-19-5-6-23(13)16/h3-7H,2,8-9H2,1H3,(H,22,25)(H2,20,21,26). The molecule has 9 nitrogen and oxygen atoms in total. The number of aromatic amines is 1. The van der Waals surface area contributed by atoms with Gasteiger partial charge in [-0.1, -0.05) is 6.07 Å². The molecule has 27 heavy (non-hydrogen) atoms. The number of imidazole rings is 1. The van der Waals surface area contributed by atoms with Gasteiger partial charge in [-0.05, 0) is 24.6 Å². The maximum atomic E-state index is 12.2. The number of urea groups is 1. The van der Waals surface area contributed by atoms with Crippen LogP contribution in [0.1, 0.15) is 18.2 Å². The molecular formula is C18H17N5O4. The zero-order valence-corrected chi connectivity index (χ0v) is 14.5. The van der Waals surface area contributed by atoms with Crippen LogP contribution in [0.3, 0.4) is 0 Å². The van der Waals surface area contributed by atoms with E-state index in [1.165, 1.54) is 0 Å². The van der Waals surface area contributed by atoms with E-state index < -0.39 is 12.0 Å². The average Bonchev–Trinajstić information content (AvgIpc) is 3.25. The average molecular weight is 367 g/mol. The van der Waals surface area contributed by atoms with Crippen LogP contribution in [0.2, 0.25) is 0 Å². The highest BCUT2D eigenvalue weighted by Crippen LogP contribution is 2.35. The van der Waals surface area contributed by atoms with Crippen molar-refractivity contribution in [3.63, 3.8) is 0 Å². The fourth-order valence-corrected chi connectivity index (χ4v) is 3.23. The zero-order valence-electron chi connectivity index (χ0n) is 14.5. The molecule has 0 radical (unpaired) electrons. The highest BCUT2D eigenvalue weighted by atomic mass is 16.5. The monoisotopic (exact) mass is 367 g/mol. The van der Waals surface area contributed by atoms with E-state index in [9.17, 15) is 14.4 Å². The van der Waals surface area contributed by atoms with E-state index in [0.29, 0.717) is 17.8 Å². The number of H-pyrrole nitrogens is 1. The quantitative estimate of drug-likeness (QED) is 0.470. The number of amides is 2. The lowest BCUT2D eigenvalue weighted by atomic mass is 10.1. The molecule has 1 aliphatic rings. The Bertz CT molecular complexity index is 1110. The third-order valence-corrected chi connectivity index (χ3v) is 4.35. The van der Waals surface area contributed by atoms with Gasteiger partial charge >= 0.3 is 12.0 Å². The molecule has 9 heteroatoms. The molecule has 1 aliphatic carbocycles. The van der Waals surface area contributed by atoms with Crippen LogP contribution in [0.4, 0.5) is 10.5 Å². The number of fused-ring (bicyclic) bond motifs is 5. The molecule has 0 spiro atoms. The summed E-state index contributed by atoms with van der Waals surface area (Å²) < 4.78 is 6.54. The molecular weight excluding hydrogens is 350 g/mol. The van der Waals surface area contributed by atoms with Gasteiger partial charge in [-0.15, -0.1) is 0 Å². The number of carbonyl (C=O) groups excluding carboxylic acids is 2. The van der Waals surface area contributed by atoms with Gasteiger partial charge in [-0.25, -0.2) is 9.78 Å². The lowest BCUT2D eigenvalue weighted by molar-refractivity contribution is -0.141. The summed E-state index contributed by atoms with van der Waals surface area (Å²) in [5.41, 5.74) is 4.30. The predicted molar refractivity (Wildman–Crippen MR) is 97.7 cm³/mol. The van der Waals surface area contributed by atoms with Gasteiger partial charge < -0.3 is 20.4 Å². The van der Waals surface area contributed by atoms with Crippen molar-refractivity contribution in [1.82, 2.24) is 19.7 Å². The minimum Gasteiger partial charge on any atom is -0.465 e. The predicted octanol–water partition coefficient (Wildman–Crippen LogP) is 1.28. The van der Waals surface area contributed by atoms with Gasteiger partial charge in [0.05, 0.1) is 18.0 Å². The fraction of sp³-hybridized carbons (Fsp3) is 0.222. The molecule has 138 valence electrons. The first-order valence-corrected chi connectivity index (χ1v) is 8.49. The van der Waals surface area contributed by atoms with Crippen LogP contribution < -0.4 is 16.2 Å². The van der Waals surface area contributed by atoms with Crippen molar-refractivity contribution in [1.29, 1.82) is 0 Å². The molecule has 0 fully saturated rings. The maximum Gasteiger partial charge on any atom is 0.325 e. The second-order valence-electron chi connectivity index (χ2n) is 6.06. The van der Waals surface area contributed by atoms with Gasteiger partial charge in [0.1, 0.15) is 6.54 Å². The lowest BCUT2D eigenvalue weighted by Gasteiger charge is -2.09. The number of rotatable bonds is 4. The van der Waals surface area contributed by atoms with E-state index in [0.717, 1.165) is 22.5 Å². The summed E-state index contributed by atoms with van der Waals surface area (Å²) in [5, 5.41) is 5.13. The van der Waals surface area contributed by atoms with Crippen LogP contribution in [-0.4, -0.2) is 39.5 Å². The third kappa shape index (κ3) is 3.03. The van der Waals surface area contributed by atoms with Gasteiger partial charge in [-0.3, -0.25) is 14.0 Å².